The number of nitrogens with zero attached hydrogens (tertiary/aromatic N) is 1. The average Bonchev–Trinajstić information content (AvgIpc) is 2.77. The van der Waals surface area contributed by atoms with Crippen molar-refractivity contribution in [3.8, 4) is 11.5 Å². The number of benzene rings is 1. The third-order valence-corrected chi connectivity index (χ3v) is 4.41. The van der Waals surface area contributed by atoms with Gasteiger partial charge in [0, 0.05) is 0 Å². The Morgan fingerprint density at radius 1 is 1.29 bits per heavy atom. The van der Waals surface area contributed by atoms with Gasteiger partial charge in [0.25, 0.3) is 5.91 Å². The Balaban J connectivity index is 2.27. The lowest BCUT2D eigenvalue weighted by Gasteiger charge is -2.11. The van der Waals surface area contributed by atoms with Crippen LogP contribution in [0.5, 0.6) is 11.5 Å². The van der Waals surface area contributed by atoms with E-state index in [2.05, 4.69) is 0 Å². The minimum absolute atomic E-state index is 0.240. The predicted molar refractivity (Wildman–Crippen MR) is 96.3 cm³/mol. The Bertz CT molecular complexity index is 702. The highest BCUT2D eigenvalue weighted by Gasteiger charge is 2.33. The Kier molecular flexibility index (Phi) is 6.22. The van der Waals surface area contributed by atoms with Crippen LogP contribution >= 0.6 is 24.0 Å². The van der Waals surface area contributed by atoms with E-state index in [4.69, 9.17) is 26.8 Å². The van der Waals surface area contributed by atoms with E-state index in [-0.39, 0.29) is 4.32 Å². The second-order valence-electron chi connectivity index (χ2n) is 4.73. The quantitative estimate of drug-likeness (QED) is 0.586. The molecule has 0 aromatic heterocycles. The highest BCUT2D eigenvalue weighted by atomic mass is 32.2. The number of thioether (sulfide) groups is 1. The van der Waals surface area contributed by atoms with Crippen molar-refractivity contribution in [1.29, 1.82) is 0 Å². The maximum atomic E-state index is 12.3. The summed E-state index contributed by atoms with van der Waals surface area (Å²) in [6.45, 7) is 4.34. The average molecular weight is 367 g/mol. The van der Waals surface area contributed by atoms with E-state index >= 15 is 0 Å². The summed E-state index contributed by atoms with van der Waals surface area (Å²) in [4.78, 5) is 24.5. The van der Waals surface area contributed by atoms with Crippen LogP contribution in [0.3, 0.4) is 0 Å². The molecule has 1 heterocycles. The minimum atomic E-state index is -1.10. The molecule has 0 bridgehead atoms. The molecule has 0 spiro atoms. The topological polar surface area (TPSA) is 76.1 Å². The maximum absolute atomic E-state index is 12.3. The Hall–Kier alpha value is -2.06. The molecular formula is C16H17NO5S2. The van der Waals surface area contributed by atoms with Gasteiger partial charge < -0.3 is 14.6 Å². The van der Waals surface area contributed by atoms with Gasteiger partial charge in [-0.25, -0.2) is 0 Å². The predicted octanol–water partition coefficient (Wildman–Crippen LogP) is 2.77. The molecule has 1 aliphatic rings. The summed E-state index contributed by atoms with van der Waals surface area (Å²) in [5, 5.41) is 8.85. The number of hydrogen-bond donors (Lipinski definition) is 1. The van der Waals surface area contributed by atoms with E-state index in [9.17, 15) is 9.59 Å². The second-order valence-corrected chi connectivity index (χ2v) is 6.41. The molecule has 1 aromatic rings. The number of carboxylic acids is 1. The van der Waals surface area contributed by atoms with Gasteiger partial charge in [0.05, 0.1) is 18.1 Å². The van der Waals surface area contributed by atoms with Crippen LogP contribution in [-0.4, -0.2) is 46.0 Å². The zero-order chi connectivity index (χ0) is 17.7. The largest absolute Gasteiger partial charge is 0.490 e. The molecule has 0 unspecified atom stereocenters. The molecule has 0 atom stereocenters. The first kappa shape index (κ1) is 18.3. The molecule has 1 aliphatic heterocycles. The smallest absolute Gasteiger partial charge is 0.323 e. The number of ether oxygens (including phenoxy) is 2. The number of hydrogen-bond acceptors (Lipinski definition) is 6. The highest BCUT2D eigenvalue weighted by Crippen LogP contribution is 2.34. The van der Waals surface area contributed by atoms with Gasteiger partial charge in [0.15, 0.2) is 11.5 Å². The van der Waals surface area contributed by atoms with Crippen LogP contribution < -0.4 is 9.47 Å². The first-order valence-electron chi connectivity index (χ1n) is 7.33. The Morgan fingerprint density at radius 3 is 2.58 bits per heavy atom. The number of carbonyl (C=O) groups is 2. The SMILES string of the molecule is CCOc1ccc(/C=C2/SC(=S)N(CC(=O)O)C2=O)cc1OCC. The molecule has 1 fully saturated rings. The number of amides is 1. The van der Waals surface area contributed by atoms with Crippen LogP contribution in [0, 0.1) is 0 Å². The third kappa shape index (κ3) is 4.27. The van der Waals surface area contributed by atoms with Gasteiger partial charge >= 0.3 is 5.97 Å². The molecule has 0 aliphatic carbocycles. The standard InChI is InChI=1S/C16H17NO5S2/c1-3-21-11-6-5-10(7-12(11)22-4-2)8-13-15(20)17(9-14(18)19)16(23)24-13/h5-8H,3-4,9H2,1-2H3,(H,18,19)/b13-8+. The number of aliphatic carboxylic acids is 1. The molecule has 0 radical (unpaired) electrons. The van der Waals surface area contributed by atoms with Crippen molar-refractivity contribution in [2.24, 2.45) is 0 Å². The summed E-state index contributed by atoms with van der Waals surface area (Å²) < 4.78 is 11.3. The van der Waals surface area contributed by atoms with E-state index in [1.165, 1.54) is 0 Å². The number of rotatable bonds is 7. The van der Waals surface area contributed by atoms with Gasteiger partial charge in [-0.3, -0.25) is 14.5 Å². The lowest BCUT2D eigenvalue weighted by atomic mass is 10.2. The monoisotopic (exact) mass is 367 g/mol. The molecule has 128 valence electrons. The van der Waals surface area contributed by atoms with Gasteiger partial charge in [-0.05, 0) is 37.6 Å². The summed E-state index contributed by atoms with van der Waals surface area (Å²) in [7, 11) is 0. The zero-order valence-electron chi connectivity index (χ0n) is 13.3. The van der Waals surface area contributed by atoms with E-state index in [1.807, 2.05) is 13.8 Å². The molecule has 0 saturated carbocycles. The van der Waals surface area contributed by atoms with E-state index in [0.29, 0.717) is 29.6 Å². The highest BCUT2D eigenvalue weighted by molar-refractivity contribution is 8.26. The molecule has 2 rings (SSSR count). The summed E-state index contributed by atoms with van der Waals surface area (Å²) >= 11 is 6.16. The molecule has 1 N–H and O–H groups in total. The van der Waals surface area contributed by atoms with Crippen LogP contribution in [0.1, 0.15) is 19.4 Å². The van der Waals surface area contributed by atoms with Crippen LogP contribution in [0.4, 0.5) is 0 Å². The van der Waals surface area contributed by atoms with Crippen molar-refractivity contribution in [2.45, 2.75) is 13.8 Å². The molecule has 1 amide bonds. The fourth-order valence-corrected chi connectivity index (χ4v) is 3.34. The first-order chi connectivity index (χ1) is 11.5. The van der Waals surface area contributed by atoms with Crippen molar-refractivity contribution in [3.63, 3.8) is 0 Å². The van der Waals surface area contributed by atoms with Gasteiger partial charge in [-0.2, -0.15) is 0 Å². The molecule has 24 heavy (non-hydrogen) atoms. The fourth-order valence-electron chi connectivity index (χ4n) is 2.08. The molecule has 1 aromatic carbocycles. The van der Waals surface area contributed by atoms with Crippen LogP contribution in [0.15, 0.2) is 23.1 Å². The summed E-state index contributed by atoms with van der Waals surface area (Å²) in [6.07, 6.45) is 1.67. The van der Waals surface area contributed by atoms with E-state index in [0.717, 1.165) is 22.2 Å². The number of thiocarbonyl (C=S) groups is 1. The van der Waals surface area contributed by atoms with Gasteiger partial charge in [-0.1, -0.05) is 30.0 Å². The van der Waals surface area contributed by atoms with Crippen LogP contribution in [0.25, 0.3) is 6.08 Å². The second kappa shape index (κ2) is 8.16. The molecular weight excluding hydrogens is 350 g/mol. The van der Waals surface area contributed by atoms with E-state index < -0.39 is 18.4 Å². The van der Waals surface area contributed by atoms with Crippen molar-refractivity contribution in [3.05, 3.63) is 28.7 Å². The zero-order valence-corrected chi connectivity index (χ0v) is 14.9. The fraction of sp³-hybridized carbons (Fsp3) is 0.312. The number of carbonyl (C=O) groups excluding carboxylic acids is 1. The van der Waals surface area contributed by atoms with Gasteiger partial charge in [0.2, 0.25) is 0 Å². The Morgan fingerprint density at radius 2 is 1.96 bits per heavy atom. The summed E-state index contributed by atoms with van der Waals surface area (Å²) in [5.41, 5.74) is 0.748. The van der Waals surface area contributed by atoms with Gasteiger partial charge in [-0.15, -0.1) is 0 Å². The van der Waals surface area contributed by atoms with Crippen molar-refractivity contribution in [1.82, 2.24) is 4.90 Å². The summed E-state index contributed by atoms with van der Waals surface area (Å²) in [6, 6.07) is 5.35. The van der Waals surface area contributed by atoms with Crippen LogP contribution in [-0.2, 0) is 9.59 Å². The molecule has 1 saturated heterocycles. The maximum Gasteiger partial charge on any atom is 0.323 e. The summed E-state index contributed by atoms with van der Waals surface area (Å²) in [5.74, 6) is -0.282. The minimum Gasteiger partial charge on any atom is -0.490 e. The number of carboxylic acid groups (broad SMARTS) is 1. The molecule has 8 heteroatoms. The lowest BCUT2D eigenvalue weighted by Crippen LogP contribution is -2.33. The third-order valence-electron chi connectivity index (χ3n) is 3.03. The van der Waals surface area contributed by atoms with Crippen molar-refractivity contribution >= 4 is 46.3 Å². The Labute approximate surface area is 149 Å². The van der Waals surface area contributed by atoms with Crippen LogP contribution in [0.2, 0.25) is 0 Å². The van der Waals surface area contributed by atoms with E-state index in [1.54, 1.807) is 24.3 Å². The normalized spacial score (nSPS) is 15.9. The molecule has 6 nitrogen and oxygen atoms in total. The first-order valence-corrected chi connectivity index (χ1v) is 8.55. The lowest BCUT2D eigenvalue weighted by molar-refractivity contribution is -0.140. The van der Waals surface area contributed by atoms with Crippen molar-refractivity contribution in [2.75, 3.05) is 19.8 Å². The van der Waals surface area contributed by atoms with Crippen molar-refractivity contribution < 1.29 is 24.2 Å². The van der Waals surface area contributed by atoms with Gasteiger partial charge in [0.1, 0.15) is 10.9 Å².